The smallest absolute Gasteiger partial charge is 0.140 e. The third-order valence-corrected chi connectivity index (χ3v) is 2.71. The van der Waals surface area contributed by atoms with Crippen molar-refractivity contribution in [2.75, 3.05) is 6.61 Å². The number of aryl methyl sites for hydroxylation is 1. The zero-order chi connectivity index (χ0) is 10.7. The molecule has 0 amide bonds. The Morgan fingerprint density at radius 3 is 2.71 bits per heavy atom. The Balaban J connectivity index is 3.16. The summed E-state index contributed by atoms with van der Waals surface area (Å²) >= 11 is 3.12. The van der Waals surface area contributed by atoms with Crippen molar-refractivity contribution in [3.05, 3.63) is 33.5 Å². The molecule has 78 valence electrons. The lowest BCUT2D eigenvalue weighted by Crippen LogP contribution is -2.15. The van der Waals surface area contributed by atoms with Crippen molar-refractivity contribution in [1.82, 2.24) is 0 Å². The van der Waals surface area contributed by atoms with Crippen LogP contribution in [-0.4, -0.2) is 11.7 Å². The first-order valence-corrected chi connectivity index (χ1v) is 5.23. The second-order valence-corrected chi connectivity index (χ2v) is 3.97. The summed E-state index contributed by atoms with van der Waals surface area (Å²) in [6, 6.07) is 2.85. The highest BCUT2D eigenvalue weighted by Gasteiger charge is 2.11. The van der Waals surface area contributed by atoms with E-state index in [4.69, 9.17) is 10.8 Å². The SMILES string of the molecule is CCc1cc(C(N)CO)cc(Br)c1F. The van der Waals surface area contributed by atoms with Crippen LogP contribution >= 0.6 is 15.9 Å². The summed E-state index contributed by atoms with van der Waals surface area (Å²) in [5.41, 5.74) is 7.00. The molecule has 1 aromatic carbocycles. The molecule has 0 saturated carbocycles. The molecule has 0 bridgehead atoms. The Morgan fingerprint density at radius 1 is 1.57 bits per heavy atom. The normalized spacial score (nSPS) is 12.9. The van der Waals surface area contributed by atoms with Crippen LogP contribution in [0.2, 0.25) is 0 Å². The monoisotopic (exact) mass is 261 g/mol. The molecule has 1 unspecified atom stereocenters. The highest BCUT2D eigenvalue weighted by Crippen LogP contribution is 2.24. The summed E-state index contributed by atoms with van der Waals surface area (Å²) in [5, 5.41) is 8.88. The number of hydrogen-bond donors (Lipinski definition) is 2. The Morgan fingerprint density at radius 2 is 2.21 bits per heavy atom. The molecule has 0 spiro atoms. The summed E-state index contributed by atoms with van der Waals surface area (Å²) in [6.45, 7) is 1.74. The van der Waals surface area contributed by atoms with Crippen molar-refractivity contribution in [1.29, 1.82) is 0 Å². The van der Waals surface area contributed by atoms with Gasteiger partial charge in [-0.3, -0.25) is 0 Å². The first-order chi connectivity index (χ1) is 6.60. The Kier molecular flexibility index (Phi) is 4.04. The number of hydrogen-bond acceptors (Lipinski definition) is 2. The van der Waals surface area contributed by atoms with Gasteiger partial charge < -0.3 is 10.8 Å². The van der Waals surface area contributed by atoms with Crippen LogP contribution in [0.4, 0.5) is 4.39 Å². The topological polar surface area (TPSA) is 46.2 Å². The van der Waals surface area contributed by atoms with E-state index in [0.717, 1.165) is 5.56 Å². The molecular weight excluding hydrogens is 249 g/mol. The molecule has 2 nitrogen and oxygen atoms in total. The van der Waals surface area contributed by atoms with Crippen LogP contribution in [0, 0.1) is 5.82 Å². The average Bonchev–Trinajstić information content (AvgIpc) is 2.20. The fourth-order valence-electron chi connectivity index (χ4n) is 1.25. The summed E-state index contributed by atoms with van der Waals surface area (Å²) in [7, 11) is 0. The molecule has 0 heterocycles. The maximum absolute atomic E-state index is 13.4. The maximum Gasteiger partial charge on any atom is 0.140 e. The quantitative estimate of drug-likeness (QED) is 0.876. The van der Waals surface area contributed by atoms with E-state index in [-0.39, 0.29) is 12.4 Å². The van der Waals surface area contributed by atoms with Crippen molar-refractivity contribution in [3.63, 3.8) is 0 Å². The lowest BCUT2D eigenvalue weighted by Gasteiger charge is -2.11. The molecule has 3 N–H and O–H groups in total. The number of aliphatic hydroxyl groups is 1. The van der Waals surface area contributed by atoms with Crippen molar-refractivity contribution in [2.24, 2.45) is 5.73 Å². The van der Waals surface area contributed by atoms with E-state index in [0.29, 0.717) is 16.5 Å². The Labute approximate surface area is 91.1 Å². The third-order valence-electron chi connectivity index (χ3n) is 2.13. The van der Waals surface area contributed by atoms with Crippen LogP contribution < -0.4 is 5.73 Å². The molecule has 14 heavy (non-hydrogen) atoms. The fraction of sp³-hybridized carbons (Fsp3) is 0.400. The van der Waals surface area contributed by atoms with Crippen molar-refractivity contribution < 1.29 is 9.50 Å². The second-order valence-electron chi connectivity index (χ2n) is 3.12. The minimum Gasteiger partial charge on any atom is -0.394 e. The molecule has 0 saturated heterocycles. The molecule has 0 fully saturated rings. The van der Waals surface area contributed by atoms with Gasteiger partial charge >= 0.3 is 0 Å². The van der Waals surface area contributed by atoms with E-state index in [1.54, 1.807) is 12.1 Å². The third kappa shape index (κ3) is 2.32. The van der Waals surface area contributed by atoms with Crippen molar-refractivity contribution in [3.8, 4) is 0 Å². The summed E-state index contributed by atoms with van der Waals surface area (Å²) in [4.78, 5) is 0. The Hall–Kier alpha value is -0.450. The molecule has 0 aliphatic rings. The molecule has 1 atom stereocenters. The van der Waals surface area contributed by atoms with Gasteiger partial charge in [-0.2, -0.15) is 0 Å². The van der Waals surface area contributed by atoms with Gasteiger partial charge in [0, 0.05) is 0 Å². The lowest BCUT2D eigenvalue weighted by atomic mass is 10.0. The second kappa shape index (κ2) is 4.87. The van der Waals surface area contributed by atoms with Gasteiger partial charge in [0.15, 0.2) is 0 Å². The van der Waals surface area contributed by atoms with E-state index < -0.39 is 6.04 Å². The van der Waals surface area contributed by atoms with E-state index >= 15 is 0 Å². The number of rotatable bonds is 3. The molecule has 0 radical (unpaired) electrons. The van der Waals surface area contributed by atoms with Crippen LogP contribution in [0.3, 0.4) is 0 Å². The van der Waals surface area contributed by atoms with Gasteiger partial charge in [0.05, 0.1) is 17.1 Å². The summed E-state index contributed by atoms with van der Waals surface area (Å²) in [5.74, 6) is -0.249. The van der Waals surface area contributed by atoms with E-state index in [1.165, 1.54) is 0 Å². The highest BCUT2D eigenvalue weighted by atomic mass is 79.9. The van der Waals surface area contributed by atoms with E-state index in [1.807, 2.05) is 6.92 Å². The fourth-order valence-corrected chi connectivity index (χ4v) is 1.77. The zero-order valence-corrected chi connectivity index (χ0v) is 9.51. The molecular formula is C10H13BrFNO. The first kappa shape index (κ1) is 11.6. The number of benzene rings is 1. The van der Waals surface area contributed by atoms with Gasteiger partial charge in [-0.05, 0) is 39.5 Å². The predicted octanol–water partition coefficient (Wildman–Crippen LogP) is 2.14. The lowest BCUT2D eigenvalue weighted by molar-refractivity contribution is 0.268. The van der Waals surface area contributed by atoms with Crippen LogP contribution in [0.15, 0.2) is 16.6 Å². The van der Waals surface area contributed by atoms with Crippen molar-refractivity contribution in [2.45, 2.75) is 19.4 Å². The summed E-state index contributed by atoms with van der Waals surface area (Å²) in [6.07, 6.45) is 0.608. The zero-order valence-electron chi connectivity index (χ0n) is 7.93. The van der Waals surface area contributed by atoms with Gasteiger partial charge in [-0.15, -0.1) is 0 Å². The number of halogens is 2. The summed E-state index contributed by atoms with van der Waals surface area (Å²) < 4.78 is 13.8. The first-order valence-electron chi connectivity index (χ1n) is 4.44. The maximum atomic E-state index is 13.4. The molecule has 1 rings (SSSR count). The van der Waals surface area contributed by atoms with Gasteiger partial charge in [0.1, 0.15) is 5.82 Å². The Bertz CT molecular complexity index is 330. The molecule has 0 aliphatic heterocycles. The molecule has 4 heteroatoms. The van der Waals surface area contributed by atoms with Crippen LogP contribution in [-0.2, 0) is 6.42 Å². The average molecular weight is 262 g/mol. The minimum absolute atomic E-state index is 0.138. The number of nitrogens with two attached hydrogens (primary N) is 1. The standard InChI is InChI=1S/C10H13BrFNO/c1-2-6-3-7(9(13)5-14)4-8(11)10(6)12/h3-4,9,14H,2,5,13H2,1H3. The predicted molar refractivity (Wildman–Crippen MR) is 57.5 cm³/mol. The van der Waals surface area contributed by atoms with Gasteiger partial charge in [-0.1, -0.05) is 13.0 Å². The van der Waals surface area contributed by atoms with Gasteiger partial charge in [-0.25, -0.2) is 4.39 Å². The van der Waals surface area contributed by atoms with Crippen LogP contribution in [0.1, 0.15) is 24.1 Å². The van der Waals surface area contributed by atoms with Gasteiger partial charge in [0.25, 0.3) is 0 Å². The van der Waals surface area contributed by atoms with Crippen molar-refractivity contribution >= 4 is 15.9 Å². The molecule has 0 aliphatic carbocycles. The molecule has 0 aromatic heterocycles. The number of aliphatic hydroxyl groups excluding tert-OH is 1. The van der Waals surface area contributed by atoms with Crippen LogP contribution in [0.25, 0.3) is 0 Å². The largest absolute Gasteiger partial charge is 0.394 e. The minimum atomic E-state index is -0.447. The van der Waals surface area contributed by atoms with E-state index in [2.05, 4.69) is 15.9 Å². The van der Waals surface area contributed by atoms with Crippen LogP contribution in [0.5, 0.6) is 0 Å². The van der Waals surface area contributed by atoms with E-state index in [9.17, 15) is 4.39 Å². The molecule has 1 aromatic rings. The van der Waals surface area contributed by atoms with Gasteiger partial charge in [0.2, 0.25) is 0 Å². The highest BCUT2D eigenvalue weighted by molar-refractivity contribution is 9.10.